The van der Waals surface area contributed by atoms with Gasteiger partial charge in [-0.05, 0) is 36.8 Å². The monoisotopic (exact) mass is 234 g/mol. The summed E-state index contributed by atoms with van der Waals surface area (Å²) in [5.41, 5.74) is 1.41. The summed E-state index contributed by atoms with van der Waals surface area (Å²) in [5, 5.41) is 0. The summed E-state index contributed by atoms with van der Waals surface area (Å²) >= 11 is 0. The van der Waals surface area contributed by atoms with Crippen molar-refractivity contribution in [2.24, 2.45) is 0 Å². The van der Waals surface area contributed by atoms with Gasteiger partial charge in [0.1, 0.15) is 5.82 Å². The van der Waals surface area contributed by atoms with Crippen LogP contribution in [0.4, 0.5) is 4.39 Å². The van der Waals surface area contributed by atoms with Gasteiger partial charge in [-0.25, -0.2) is 14.2 Å². The van der Waals surface area contributed by atoms with Crippen LogP contribution in [0.3, 0.4) is 0 Å². The maximum atomic E-state index is 12.7. The van der Waals surface area contributed by atoms with E-state index in [0.717, 1.165) is 5.56 Å². The van der Waals surface area contributed by atoms with Crippen LogP contribution in [-0.2, 0) is 4.74 Å². The van der Waals surface area contributed by atoms with Gasteiger partial charge in [-0.2, -0.15) is 0 Å². The van der Waals surface area contributed by atoms with Gasteiger partial charge in [-0.1, -0.05) is 0 Å². The number of aromatic amines is 1. The SMILES string of the molecule is CCOC(=O)c1ncc(-c2ccc(F)cc2)[nH]1. The molecule has 0 aliphatic carbocycles. The molecule has 17 heavy (non-hydrogen) atoms. The van der Waals surface area contributed by atoms with E-state index < -0.39 is 5.97 Å². The van der Waals surface area contributed by atoms with E-state index >= 15 is 0 Å². The topological polar surface area (TPSA) is 55.0 Å². The van der Waals surface area contributed by atoms with Crippen molar-refractivity contribution in [3.05, 3.63) is 42.1 Å². The Bertz CT molecular complexity index is 520. The van der Waals surface area contributed by atoms with Gasteiger partial charge >= 0.3 is 5.97 Å². The smallest absolute Gasteiger partial charge is 0.374 e. The van der Waals surface area contributed by atoms with Gasteiger partial charge in [0.15, 0.2) is 0 Å². The predicted octanol–water partition coefficient (Wildman–Crippen LogP) is 2.39. The van der Waals surface area contributed by atoms with Crippen molar-refractivity contribution in [1.29, 1.82) is 0 Å². The lowest BCUT2D eigenvalue weighted by Gasteiger charge is -1.98. The zero-order valence-corrected chi connectivity index (χ0v) is 9.24. The van der Waals surface area contributed by atoms with Crippen LogP contribution in [0.25, 0.3) is 11.3 Å². The molecule has 0 radical (unpaired) electrons. The summed E-state index contributed by atoms with van der Waals surface area (Å²) in [7, 11) is 0. The lowest BCUT2D eigenvalue weighted by molar-refractivity contribution is 0.0513. The Kier molecular flexibility index (Phi) is 3.18. The van der Waals surface area contributed by atoms with Crippen LogP contribution in [0.15, 0.2) is 30.5 Å². The number of esters is 1. The van der Waals surface area contributed by atoms with Gasteiger partial charge in [0, 0.05) is 0 Å². The van der Waals surface area contributed by atoms with E-state index in [2.05, 4.69) is 9.97 Å². The zero-order valence-electron chi connectivity index (χ0n) is 9.24. The van der Waals surface area contributed by atoms with Gasteiger partial charge in [-0.3, -0.25) is 0 Å². The molecule has 0 atom stereocenters. The van der Waals surface area contributed by atoms with E-state index in [-0.39, 0.29) is 11.6 Å². The van der Waals surface area contributed by atoms with E-state index in [1.165, 1.54) is 18.3 Å². The largest absolute Gasteiger partial charge is 0.460 e. The van der Waals surface area contributed by atoms with E-state index in [4.69, 9.17) is 4.74 Å². The Hall–Kier alpha value is -2.17. The molecule has 1 heterocycles. The summed E-state index contributed by atoms with van der Waals surface area (Å²) in [6.45, 7) is 2.02. The summed E-state index contributed by atoms with van der Waals surface area (Å²) in [5.74, 6) is -0.661. The average molecular weight is 234 g/mol. The fourth-order valence-corrected chi connectivity index (χ4v) is 1.40. The second-order valence-electron chi connectivity index (χ2n) is 3.37. The number of H-pyrrole nitrogens is 1. The molecule has 0 bridgehead atoms. The molecular formula is C12H11FN2O2. The molecule has 88 valence electrons. The molecule has 2 aromatic rings. The van der Waals surface area contributed by atoms with Gasteiger partial charge in [0.2, 0.25) is 5.82 Å². The minimum atomic E-state index is -0.499. The van der Waals surface area contributed by atoms with Gasteiger partial charge in [0.05, 0.1) is 18.5 Å². The van der Waals surface area contributed by atoms with Crippen molar-refractivity contribution in [2.45, 2.75) is 6.92 Å². The number of rotatable bonds is 3. The summed E-state index contributed by atoms with van der Waals surface area (Å²) in [6.07, 6.45) is 1.51. The number of aromatic nitrogens is 2. The number of carbonyl (C=O) groups is 1. The quantitative estimate of drug-likeness (QED) is 0.829. The van der Waals surface area contributed by atoms with Crippen LogP contribution >= 0.6 is 0 Å². The predicted molar refractivity (Wildman–Crippen MR) is 59.9 cm³/mol. The first-order chi connectivity index (χ1) is 8.20. The first-order valence-corrected chi connectivity index (χ1v) is 5.18. The average Bonchev–Trinajstić information content (AvgIpc) is 2.80. The summed E-state index contributed by atoms with van der Waals surface area (Å²) in [6, 6.07) is 5.91. The second kappa shape index (κ2) is 4.78. The van der Waals surface area contributed by atoms with Crippen molar-refractivity contribution >= 4 is 5.97 Å². The standard InChI is InChI=1S/C12H11FN2O2/c1-2-17-12(16)11-14-7-10(15-11)8-3-5-9(13)6-4-8/h3-7H,2H2,1H3,(H,14,15). The van der Waals surface area contributed by atoms with Crippen molar-refractivity contribution < 1.29 is 13.9 Å². The number of carbonyl (C=O) groups excluding carboxylic acids is 1. The number of imidazole rings is 1. The Balaban J connectivity index is 2.23. The van der Waals surface area contributed by atoms with E-state index in [1.54, 1.807) is 19.1 Å². The minimum absolute atomic E-state index is 0.145. The fraction of sp³-hybridized carbons (Fsp3) is 0.167. The van der Waals surface area contributed by atoms with Gasteiger partial charge < -0.3 is 9.72 Å². The Morgan fingerprint density at radius 1 is 1.41 bits per heavy atom. The van der Waals surface area contributed by atoms with Crippen LogP contribution in [0.5, 0.6) is 0 Å². The highest BCUT2D eigenvalue weighted by Crippen LogP contribution is 2.17. The third-order valence-corrected chi connectivity index (χ3v) is 2.20. The number of benzene rings is 1. The number of nitrogens with zero attached hydrogens (tertiary/aromatic N) is 1. The van der Waals surface area contributed by atoms with Gasteiger partial charge in [-0.15, -0.1) is 0 Å². The third-order valence-electron chi connectivity index (χ3n) is 2.20. The van der Waals surface area contributed by atoms with Crippen molar-refractivity contribution in [1.82, 2.24) is 9.97 Å². The van der Waals surface area contributed by atoms with E-state index in [9.17, 15) is 9.18 Å². The van der Waals surface area contributed by atoms with E-state index in [1.807, 2.05) is 0 Å². The number of ether oxygens (including phenoxy) is 1. The van der Waals surface area contributed by atoms with Gasteiger partial charge in [0.25, 0.3) is 0 Å². The Morgan fingerprint density at radius 3 is 2.76 bits per heavy atom. The van der Waals surface area contributed by atoms with Crippen LogP contribution in [0, 0.1) is 5.82 Å². The summed E-state index contributed by atoms with van der Waals surface area (Å²) in [4.78, 5) is 18.1. The zero-order chi connectivity index (χ0) is 12.3. The first kappa shape index (κ1) is 11.3. The lowest BCUT2D eigenvalue weighted by atomic mass is 10.2. The molecule has 0 spiro atoms. The molecule has 0 amide bonds. The molecule has 0 saturated carbocycles. The number of nitrogens with one attached hydrogen (secondary N) is 1. The maximum absolute atomic E-state index is 12.7. The molecule has 0 aliphatic heterocycles. The third kappa shape index (κ3) is 2.50. The normalized spacial score (nSPS) is 10.2. The fourth-order valence-electron chi connectivity index (χ4n) is 1.40. The minimum Gasteiger partial charge on any atom is -0.460 e. The Labute approximate surface area is 97.5 Å². The second-order valence-corrected chi connectivity index (χ2v) is 3.37. The highest BCUT2D eigenvalue weighted by molar-refractivity contribution is 5.86. The van der Waals surface area contributed by atoms with Crippen molar-refractivity contribution in [3.8, 4) is 11.3 Å². The van der Waals surface area contributed by atoms with Crippen molar-refractivity contribution in [3.63, 3.8) is 0 Å². The van der Waals surface area contributed by atoms with Crippen LogP contribution in [-0.4, -0.2) is 22.5 Å². The molecule has 1 aromatic carbocycles. The van der Waals surface area contributed by atoms with E-state index in [0.29, 0.717) is 12.3 Å². The van der Waals surface area contributed by atoms with Crippen LogP contribution in [0.2, 0.25) is 0 Å². The lowest BCUT2D eigenvalue weighted by Crippen LogP contribution is -2.06. The molecule has 0 unspecified atom stereocenters. The molecule has 4 nitrogen and oxygen atoms in total. The molecule has 0 aliphatic rings. The first-order valence-electron chi connectivity index (χ1n) is 5.18. The molecule has 5 heteroatoms. The number of hydrogen-bond donors (Lipinski definition) is 1. The molecule has 1 N–H and O–H groups in total. The van der Waals surface area contributed by atoms with Crippen LogP contribution < -0.4 is 0 Å². The summed E-state index contributed by atoms with van der Waals surface area (Å²) < 4.78 is 17.5. The van der Waals surface area contributed by atoms with Crippen molar-refractivity contribution in [2.75, 3.05) is 6.61 Å². The number of hydrogen-bond acceptors (Lipinski definition) is 3. The molecular weight excluding hydrogens is 223 g/mol. The Morgan fingerprint density at radius 2 is 2.12 bits per heavy atom. The highest BCUT2D eigenvalue weighted by atomic mass is 19.1. The van der Waals surface area contributed by atoms with Crippen LogP contribution in [0.1, 0.15) is 17.5 Å². The highest BCUT2D eigenvalue weighted by Gasteiger charge is 2.11. The molecule has 2 rings (SSSR count). The molecule has 0 saturated heterocycles. The number of halogens is 1. The molecule has 0 fully saturated rings. The maximum Gasteiger partial charge on any atom is 0.374 e. The molecule has 1 aromatic heterocycles.